The van der Waals surface area contributed by atoms with Crippen molar-refractivity contribution in [3.8, 4) is 11.3 Å². The van der Waals surface area contributed by atoms with E-state index in [1.807, 2.05) is 36.5 Å². The second-order valence-electron chi connectivity index (χ2n) is 7.74. The zero-order chi connectivity index (χ0) is 20.2. The molecule has 0 aliphatic carbocycles. The summed E-state index contributed by atoms with van der Waals surface area (Å²) in [5.41, 5.74) is 5.04. The van der Waals surface area contributed by atoms with Crippen molar-refractivity contribution in [2.24, 2.45) is 0 Å². The van der Waals surface area contributed by atoms with Crippen molar-refractivity contribution in [2.45, 2.75) is 39.7 Å². The minimum absolute atomic E-state index is 0.0874. The first kappa shape index (κ1) is 19.2. The Labute approximate surface area is 172 Å². The second-order valence-corrected chi connectivity index (χ2v) is 7.74. The van der Waals surface area contributed by atoms with Crippen LogP contribution >= 0.6 is 0 Å². The SMILES string of the molecule is CCCCCn1cc(C(=O)c2cccc3ccccc23)cc1-c1ccc(C)cc1. The zero-order valence-corrected chi connectivity index (χ0v) is 17.2. The fourth-order valence-electron chi connectivity index (χ4n) is 3.90. The molecule has 0 N–H and O–H groups in total. The van der Waals surface area contributed by atoms with E-state index in [2.05, 4.69) is 60.9 Å². The van der Waals surface area contributed by atoms with Crippen molar-refractivity contribution in [3.63, 3.8) is 0 Å². The van der Waals surface area contributed by atoms with E-state index in [9.17, 15) is 4.79 Å². The van der Waals surface area contributed by atoms with Gasteiger partial charge in [0, 0.05) is 29.6 Å². The Balaban J connectivity index is 1.76. The molecular weight excluding hydrogens is 354 g/mol. The molecule has 2 nitrogen and oxygen atoms in total. The van der Waals surface area contributed by atoms with Gasteiger partial charge in [-0.3, -0.25) is 4.79 Å². The van der Waals surface area contributed by atoms with Crippen LogP contribution in [-0.4, -0.2) is 10.4 Å². The molecule has 146 valence electrons. The summed E-state index contributed by atoms with van der Waals surface area (Å²) < 4.78 is 2.25. The normalized spacial score (nSPS) is 11.1. The Morgan fingerprint density at radius 3 is 2.45 bits per heavy atom. The Hall–Kier alpha value is -3.13. The Morgan fingerprint density at radius 2 is 1.66 bits per heavy atom. The van der Waals surface area contributed by atoms with Gasteiger partial charge >= 0.3 is 0 Å². The summed E-state index contributed by atoms with van der Waals surface area (Å²) in [6, 6.07) is 24.7. The lowest BCUT2D eigenvalue weighted by atomic mass is 9.98. The molecule has 3 aromatic carbocycles. The van der Waals surface area contributed by atoms with E-state index in [1.165, 1.54) is 18.4 Å². The van der Waals surface area contributed by atoms with Crippen molar-refractivity contribution < 1.29 is 4.79 Å². The molecular formula is C27H27NO. The van der Waals surface area contributed by atoms with Crippen LogP contribution in [0.3, 0.4) is 0 Å². The number of aromatic nitrogens is 1. The summed E-state index contributed by atoms with van der Waals surface area (Å²) in [7, 11) is 0. The minimum Gasteiger partial charge on any atom is -0.347 e. The molecule has 2 heteroatoms. The van der Waals surface area contributed by atoms with E-state index in [-0.39, 0.29) is 5.78 Å². The Kier molecular flexibility index (Phi) is 5.62. The zero-order valence-electron chi connectivity index (χ0n) is 17.2. The van der Waals surface area contributed by atoms with Crippen LogP contribution < -0.4 is 0 Å². The fourth-order valence-corrected chi connectivity index (χ4v) is 3.90. The third-order valence-electron chi connectivity index (χ3n) is 5.54. The lowest BCUT2D eigenvalue weighted by Crippen LogP contribution is -2.02. The third kappa shape index (κ3) is 4.02. The number of hydrogen-bond acceptors (Lipinski definition) is 1. The molecule has 0 amide bonds. The van der Waals surface area contributed by atoms with E-state index in [0.29, 0.717) is 0 Å². The largest absolute Gasteiger partial charge is 0.347 e. The third-order valence-corrected chi connectivity index (χ3v) is 5.54. The lowest BCUT2D eigenvalue weighted by Gasteiger charge is -2.09. The van der Waals surface area contributed by atoms with Crippen LogP contribution in [-0.2, 0) is 6.54 Å². The molecule has 4 rings (SSSR count). The fraction of sp³-hybridized carbons (Fsp3) is 0.222. The maximum atomic E-state index is 13.4. The first-order valence-corrected chi connectivity index (χ1v) is 10.5. The molecule has 1 aromatic heterocycles. The highest BCUT2D eigenvalue weighted by molar-refractivity contribution is 6.16. The number of aryl methyl sites for hydroxylation is 2. The van der Waals surface area contributed by atoms with Crippen LogP contribution in [0.5, 0.6) is 0 Å². The number of rotatable bonds is 7. The number of benzene rings is 3. The van der Waals surface area contributed by atoms with Gasteiger partial charge in [-0.25, -0.2) is 0 Å². The van der Waals surface area contributed by atoms with Gasteiger partial charge in [0.1, 0.15) is 0 Å². The van der Waals surface area contributed by atoms with E-state index < -0.39 is 0 Å². The van der Waals surface area contributed by atoms with Gasteiger partial charge in [-0.15, -0.1) is 0 Å². The first-order valence-electron chi connectivity index (χ1n) is 10.5. The first-order chi connectivity index (χ1) is 14.2. The summed E-state index contributed by atoms with van der Waals surface area (Å²) in [4.78, 5) is 13.4. The van der Waals surface area contributed by atoms with E-state index in [1.54, 1.807) is 0 Å². The molecule has 0 saturated carbocycles. The predicted octanol–water partition coefficient (Wildman–Crippen LogP) is 7.04. The standard InChI is InChI=1S/C27H27NO/c1-3-4-7-17-28-19-23(18-26(28)22-15-13-20(2)14-16-22)27(29)25-12-8-10-21-9-5-6-11-24(21)25/h5-6,8-16,18-19H,3-4,7,17H2,1-2H3. The summed E-state index contributed by atoms with van der Waals surface area (Å²) in [5, 5.41) is 2.11. The van der Waals surface area contributed by atoms with Gasteiger partial charge in [0.05, 0.1) is 0 Å². The highest BCUT2D eigenvalue weighted by Crippen LogP contribution is 2.27. The van der Waals surface area contributed by atoms with Crippen molar-refractivity contribution in [1.82, 2.24) is 4.57 Å². The molecule has 0 fully saturated rings. The maximum Gasteiger partial charge on any atom is 0.195 e. The Morgan fingerprint density at radius 1 is 0.897 bits per heavy atom. The number of fused-ring (bicyclic) bond motifs is 1. The smallest absolute Gasteiger partial charge is 0.195 e. The number of carbonyl (C=O) groups excluding carboxylic acids is 1. The predicted molar refractivity (Wildman–Crippen MR) is 122 cm³/mol. The average molecular weight is 382 g/mol. The lowest BCUT2D eigenvalue weighted by molar-refractivity contribution is 0.104. The van der Waals surface area contributed by atoms with Crippen LogP contribution in [0.4, 0.5) is 0 Å². The highest BCUT2D eigenvalue weighted by atomic mass is 16.1. The summed E-state index contributed by atoms with van der Waals surface area (Å²) in [6.45, 7) is 5.24. The molecule has 4 aromatic rings. The van der Waals surface area contributed by atoms with E-state index in [4.69, 9.17) is 0 Å². The molecule has 0 aliphatic rings. The monoisotopic (exact) mass is 381 g/mol. The molecule has 0 unspecified atom stereocenters. The van der Waals surface area contributed by atoms with Crippen molar-refractivity contribution in [2.75, 3.05) is 0 Å². The van der Waals surface area contributed by atoms with Crippen LogP contribution in [0.1, 0.15) is 47.7 Å². The van der Waals surface area contributed by atoms with Crippen LogP contribution in [0.25, 0.3) is 22.0 Å². The van der Waals surface area contributed by atoms with Gasteiger partial charge in [-0.05, 0) is 35.7 Å². The minimum atomic E-state index is 0.0874. The van der Waals surface area contributed by atoms with Gasteiger partial charge in [0.25, 0.3) is 0 Å². The van der Waals surface area contributed by atoms with Gasteiger partial charge in [-0.1, -0.05) is 92.1 Å². The van der Waals surface area contributed by atoms with Gasteiger partial charge in [-0.2, -0.15) is 0 Å². The number of carbonyl (C=O) groups is 1. The van der Waals surface area contributed by atoms with Crippen LogP contribution in [0.2, 0.25) is 0 Å². The second kappa shape index (κ2) is 8.48. The number of ketones is 1. The van der Waals surface area contributed by atoms with Crippen LogP contribution in [0, 0.1) is 6.92 Å². The molecule has 0 aliphatic heterocycles. The van der Waals surface area contributed by atoms with Crippen molar-refractivity contribution in [3.05, 3.63) is 95.7 Å². The molecule has 1 heterocycles. The molecule has 29 heavy (non-hydrogen) atoms. The molecule has 0 radical (unpaired) electrons. The molecule has 0 saturated heterocycles. The number of nitrogens with zero attached hydrogens (tertiary/aromatic N) is 1. The topological polar surface area (TPSA) is 22.0 Å². The summed E-state index contributed by atoms with van der Waals surface area (Å²) in [6.07, 6.45) is 5.53. The average Bonchev–Trinajstić information content (AvgIpc) is 3.18. The number of hydrogen-bond donors (Lipinski definition) is 0. The quantitative estimate of drug-likeness (QED) is 0.249. The number of unbranched alkanes of at least 4 members (excludes halogenated alkanes) is 2. The van der Waals surface area contributed by atoms with Gasteiger partial charge < -0.3 is 4.57 Å². The van der Waals surface area contributed by atoms with E-state index in [0.717, 1.165) is 46.1 Å². The van der Waals surface area contributed by atoms with Crippen molar-refractivity contribution >= 4 is 16.6 Å². The molecule has 0 spiro atoms. The molecule has 0 bridgehead atoms. The van der Waals surface area contributed by atoms with E-state index >= 15 is 0 Å². The van der Waals surface area contributed by atoms with Crippen molar-refractivity contribution in [1.29, 1.82) is 0 Å². The summed E-state index contributed by atoms with van der Waals surface area (Å²) in [5.74, 6) is 0.0874. The van der Waals surface area contributed by atoms with Crippen LogP contribution in [0.15, 0.2) is 79.0 Å². The van der Waals surface area contributed by atoms with Gasteiger partial charge in [0.15, 0.2) is 5.78 Å². The highest BCUT2D eigenvalue weighted by Gasteiger charge is 2.17. The molecule has 0 atom stereocenters. The summed E-state index contributed by atoms with van der Waals surface area (Å²) >= 11 is 0. The Bertz CT molecular complexity index is 1130. The maximum absolute atomic E-state index is 13.4. The van der Waals surface area contributed by atoms with Gasteiger partial charge in [0.2, 0.25) is 0 Å².